The van der Waals surface area contributed by atoms with Crippen LogP contribution in [0.5, 0.6) is 0 Å². The molecule has 0 saturated carbocycles. The van der Waals surface area contributed by atoms with Gasteiger partial charge in [-0.05, 0) is 24.5 Å². The molecule has 3 N–H and O–H groups in total. The molecule has 4 aromatic rings. The van der Waals surface area contributed by atoms with Gasteiger partial charge in [0.2, 0.25) is 5.13 Å². The lowest BCUT2D eigenvalue weighted by atomic mass is 10.1. The van der Waals surface area contributed by atoms with E-state index in [9.17, 15) is 4.79 Å². The number of benzene rings is 1. The normalized spacial score (nSPS) is 11.3. The van der Waals surface area contributed by atoms with Crippen molar-refractivity contribution in [2.75, 3.05) is 5.73 Å². The third-order valence-corrected chi connectivity index (χ3v) is 5.20. The topological polar surface area (TPSA) is 102 Å². The molecule has 0 spiro atoms. The fourth-order valence-electron chi connectivity index (χ4n) is 3.09. The summed E-state index contributed by atoms with van der Waals surface area (Å²) in [5.41, 5.74) is 8.27. The smallest absolute Gasteiger partial charge is 0.349 e. The standard InChI is InChI=1S/C19H20N6OS/c20-18-24-23-16(27-18)8-4-5-9-25-12-14-11-15(21-17(14)22-19(25)26)10-13-6-2-1-3-7-13/h1-3,6-7,11-12H,4-5,8-10H2,(H2,20,24)(H,21,22,26). The van der Waals surface area contributed by atoms with Gasteiger partial charge in [-0.1, -0.05) is 41.7 Å². The summed E-state index contributed by atoms with van der Waals surface area (Å²) in [6.07, 6.45) is 5.29. The summed E-state index contributed by atoms with van der Waals surface area (Å²) in [5, 5.41) is 10.2. The van der Waals surface area contributed by atoms with Crippen molar-refractivity contribution in [2.24, 2.45) is 0 Å². The van der Waals surface area contributed by atoms with Crippen molar-refractivity contribution in [1.29, 1.82) is 0 Å². The van der Waals surface area contributed by atoms with Crippen molar-refractivity contribution < 1.29 is 0 Å². The summed E-state index contributed by atoms with van der Waals surface area (Å²) >= 11 is 1.41. The number of nitrogens with two attached hydrogens (primary N) is 1. The summed E-state index contributed by atoms with van der Waals surface area (Å²) in [6.45, 7) is 0.634. The third-order valence-electron chi connectivity index (χ3n) is 4.39. The van der Waals surface area contributed by atoms with Crippen LogP contribution in [0.4, 0.5) is 5.13 Å². The predicted molar refractivity (Wildman–Crippen MR) is 107 cm³/mol. The quantitative estimate of drug-likeness (QED) is 0.480. The zero-order valence-electron chi connectivity index (χ0n) is 14.8. The Morgan fingerprint density at radius 1 is 1.15 bits per heavy atom. The second-order valence-corrected chi connectivity index (χ2v) is 7.56. The molecule has 3 aromatic heterocycles. The van der Waals surface area contributed by atoms with Crippen LogP contribution in [0.15, 0.2) is 47.4 Å². The number of hydrogen-bond donors (Lipinski definition) is 2. The summed E-state index contributed by atoms with van der Waals surface area (Å²) < 4.78 is 1.68. The van der Waals surface area contributed by atoms with Crippen LogP contribution in [0.25, 0.3) is 11.0 Å². The Labute approximate surface area is 159 Å². The maximum atomic E-state index is 12.3. The Morgan fingerprint density at radius 2 is 2.00 bits per heavy atom. The molecule has 138 valence electrons. The molecule has 0 bridgehead atoms. The van der Waals surface area contributed by atoms with Gasteiger partial charge in [-0.15, -0.1) is 10.2 Å². The molecule has 0 unspecified atom stereocenters. The molecule has 1 aromatic carbocycles. The van der Waals surface area contributed by atoms with Crippen LogP contribution in [0.2, 0.25) is 0 Å². The molecule has 8 heteroatoms. The van der Waals surface area contributed by atoms with E-state index in [1.807, 2.05) is 24.4 Å². The van der Waals surface area contributed by atoms with Gasteiger partial charge in [0.1, 0.15) is 10.7 Å². The number of rotatable bonds is 7. The van der Waals surface area contributed by atoms with Crippen molar-refractivity contribution in [3.05, 3.63) is 69.3 Å². The second kappa shape index (κ2) is 7.71. The fraction of sp³-hybridized carbons (Fsp3) is 0.263. The van der Waals surface area contributed by atoms with Gasteiger partial charge in [-0.25, -0.2) is 4.79 Å². The van der Waals surface area contributed by atoms with Gasteiger partial charge in [0, 0.05) is 36.7 Å². The van der Waals surface area contributed by atoms with Crippen LogP contribution in [0, 0.1) is 0 Å². The molecule has 0 aliphatic carbocycles. The summed E-state index contributed by atoms with van der Waals surface area (Å²) in [6, 6.07) is 12.3. The zero-order chi connectivity index (χ0) is 18.6. The predicted octanol–water partition coefficient (Wildman–Crippen LogP) is 2.77. The fourth-order valence-corrected chi connectivity index (χ4v) is 3.74. The van der Waals surface area contributed by atoms with Crippen molar-refractivity contribution in [3.8, 4) is 0 Å². The van der Waals surface area contributed by atoms with Crippen molar-refractivity contribution in [3.63, 3.8) is 0 Å². The van der Waals surface area contributed by atoms with Crippen LogP contribution >= 0.6 is 11.3 Å². The highest BCUT2D eigenvalue weighted by Crippen LogP contribution is 2.16. The molecule has 0 radical (unpaired) electrons. The lowest BCUT2D eigenvalue weighted by Gasteiger charge is -2.04. The molecular formula is C19H20N6OS. The Kier molecular flexibility index (Phi) is 4.97. The third kappa shape index (κ3) is 4.22. The Balaban J connectivity index is 1.42. The maximum Gasteiger partial charge on any atom is 0.349 e. The number of aromatic nitrogens is 5. The molecule has 0 fully saturated rings. The van der Waals surface area contributed by atoms with Gasteiger partial charge < -0.3 is 10.7 Å². The Bertz CT molecular complexity index is 1100. The summed E-state index contributed by atoms with van der Waals surface area (Å²) in [4.78, 5) is 19.7. The van der Waals surface area contributed by atoms with Gasteiger partial charge in [0.05, 0.1) is 0 Å². The van der Waals surface area contributed by atoms with Crippen LogP contribution in [-0.4, -0.2) is 24.7 Å². The first-order valence-electron chi connectivity index (χ1n) is 8.88. The molecule has 0 atom stereocenters. The molecule has 27 heavy (non-hydrogen) atoms. The lowest BCUT2D eigenvalue weighted by Crippen LogP contribution is -2.22. The lowest BCUT2D eigenvalue weighted by molar-refractivity contribution is 0.584. The minimum absolute atomic E-state index is 0.226. The number of aromatic amines is 1. The molecule has 0 amide bonds. The summed E-state index contributed by atoms with van der Waals surface area (Å²) in [5.74, 6) is 0. The number of unbranched alkanes of at least 4 members (excludes halogenated alkanes) is 1. The van der Waals surface area contributed by atoms with E-state index in [4.69, 9.17) is 5.73 Å². The first-order valence-corrected chi connectivity index (χ1v) is 9.70. The molecule has 0 aliphatic heterocycles. The number of nitrogen functional groups attached to an aromatic ring is 1. The number of nitrogens with zero attached hydrogens (tertiary/aromatic N) is 4. The Hall–Kier alpha value is -3.00. The van der Waals surface area contributed by atoms with Crippen LogP contribution < -0.4 is 11.4 Å². The first-order chi connectivity index (χ1) is 13.2. The van der Waals surface area contributed by atoms with Crippen LogP contribution in [-0.2, 0) is 19.4 Å². The average Bonchev–Trinajstić information content (AvgIpc) is 3.24. The molecule has 0 saturated heterocycles. The minimum atomic E-state index is -0.226. The average molecular weight is 380 g/mol. The van der Waals surface area contributed by atoms with Gasteiger partial charge in [0.25, 0.3) is 0 Å². The number of hydrogen-bond acceptors (Lipinski definition) is 6. The SMILES string of the molecule is Nc1nnc(CCCCn2cc3cc(Cc4ccccc4)[nH]c3nc2=O)s1. The highest BCUT2D eigenvalue weighted by Gasteiger charge is 2.07. The number of anilines is 1. The zero-order valence-corrected chi connectivity index (χ0v) is 15.6. The molecule has 4 rings (SSSR count). The van der Waals surface area contributed by atoms with E-state index in [1.165, 1.54) is 16.9 Å². The van der Waals surface area contributed by atoms with E-state index in [1.54, 1.807) is 4.57 Å². The number of aryl methyl sites for hydroxylation is 2. The van der Waals surface area contributed by atoms with E-state index < -0.39 is 0 Å². The monoisotopic (exact) mass is 380 g/mol. The van der Waals surface area contributed by atoms with E-state index in [0.717, 1.165) is 41.8 Å². The highest BCUT2D eigenvalue weighted by atomic mass is 32.1. The molecule has 3 heterocycles. The molecule has 7 nitrogen and oxygen atoms in total. The maximum absolute atomic E-state index is 12.3. The van der Waals surface area contributed by atoms with Gasteiger partial charge in [0.15, 0.2) is 0 Å². The van der Waals surface area contributed by atoms with Crippen molar-refractivity contribution >= 4 is 27.5 Å². The number of nitrogens with one attached hydrogen (secondary N) is 1. The van der Waals surface area contributed by atoms with E-state index in [-0.39, 0.29) is 5.69 Å². The van der Waals surface area contributed by atoms with Crippen molar-refractivity contribution in [1.82, 2.24) is 24.7 Å². The first kappa shape index (κ1) is 17.4. The van der Waals surface area contributed by atoms with Crippen LogP contribution in [0.3, 0.4) is 0 Å². The molecular weight excluding hydrogens is 360 g/mol. The van der Waals surface area contributed by atoms with Gasteiger partial charge in [-0.3, -0.25) is 4.57 Å². The van der Waals surface area contributed by atoms with Crippen molar-refractivity contribution in [2.45, 2.75) is 32.2 Å². The number of fused-ring (bicyclic) bond motifs is 1. The van der Waals surface area contributed by atoms with E-state index in [2.05, 4.69) is 38.4 Å². The minimum Gasteiger partial charge on any atom is -0.374 e. The Morgan fingerprint density at radius 3 is 2.78 bits per heavy atom. The largest absolute Gasteiger partial charge is 0.374 e. The van der Waals surface area contributed by atoms with E-state index in [0.29, 0.717) is 17.3 Å². The van der Waals surface area contributed by atoms with E-state index >= 15 is 0 Å². The van der Waals surface area contributed by atoms with Gasteiger partial charge >= 0.3 is 5.69 Å². The highest BCUT2D eigenvalue weighted by molar-refractivity contribution is 7.15. The molecule has 0 aliphatic rings. The second-order valence-electron chi connectivity index (χ2n) is 6.47. The van der Waals surface area contributed by atoms with Crippen LogP contribution in [0.1, 0.15) is 29.1 Å². The van der Waals surface area contributed by atoms with Gasteiger partial charge in [-0.2, -0.15) is 4.98 Å². The number of H-pyrrole nitrogens is 1. The summed E-state index contributed by atoms with van der Waals surface area (Å²) in [7, 11) is 0.